The van der Waals surface area contributed by atoms with E-state index in [4.69, 9.17) is 13.5 Å². The Hall–Kier alpha value is -4.69. The van der Waals surface area contributed by atoms with Gasteiger partial charge >= 0.3 is 0 Å². The standard InChI is InChI=1S/C39H29NO/c1-24-23-40-36(34-12-6-11-32-33-16-15-25-7-4-5-10-31(25)37(33)41-38(32)34)18-35(24)26-13-14-29-21-39(22-30(29)17-26)19-27-8-2-3-9-28(27)20-39/h2-18,23H,19-22H2,1H3/i1D3. The molecule has 5 aromatic carbocycles. The van der Waals surface area contributed by atoms with Crippen LogP contribution in [0, 0.1) is 12.3 Å². The molecule has 2 heteroatoms. The van der Waals surface area contributed by atoms with Gasteiger partial charge in [0.1, 0.15) is 11.2 Å². The second-order valence-corrected chi connectivity index (χ2v) is 12.0. The van der Waals surface area contributed by atoms with E-state index in [-0.39, 0.29) is 11.0 Å². The van der Waals surface area contributed by atoms with Crippen molar-refractivity contribution in [2.75, 3.05) is 0 Å². The van der Waals surface area contributed by atoms with Gasteiger partial charge in [-0.15, -0.1) is 0 Å². The van der Waals surface area contributed by atoms with Gasteiger partial charge in [-0.3, -0.25) is 4.98 Å². The topological polar surface area (TPSA) is 26.0 Å². The first-order chi connectivity index (χ1) is 21.4. The third-order valence-electron chi connectivity index (χ3n) is 9.47. The maximum atomic E-state index is 8.35. The summed E-state index contributed by atoms with van der Waals surface area (Å²) >= 11 is 0. The van der Waals surface area contributed by atoms with Crippen LogP contribution in [0.2, 0.25) is 0 Å². The molecule has 2 nitrogen and oxygen atoms in total. The van der Waals surface area contributed by atoms with Crippen LogP contribution >= 0.6 is 0 Å². The van der Waals surface area contributed by atoms with Crippen LogP contribution in [0.1, 0.15) is 31.9 Å². The number of fused-ring (bicyclic) bond motifs is 7. The van der Waals surface area contributed by atoms with Crippen LogP contribution < -0.4 is 0 Å². The summed E-state index contributed by atoms with van der Waals surface area (Å²) in [7, 11) is 0. The number of para-hydroxylation sites is 1. The lowest BCUT2D eigenvalue weighted by Crippen LogP contribution is -2.21. The number of nitrogens with zero attached hydrogens (tertiary/aromatic N) is 1. The Morgan fingerprint density at radius 2 is 1.37 bits per heavy atom. The summed E-state index contributed by atoms with van der Waals surface area (Å²) in [6.07, 6.45) is 5.82. The fourth-order valence-corrected chi connectivity index (χ4v) is 7.59. The largest absolute Gasteiger partial charge is 0.455 e. The van der Waals surface area contributed by atoms with Gasteiger partial charge in [0.15, 0.2) is 0 Å². The zero-order valence-corrected chi connectivity index (χ0v) is 22.6. The molecule has 0 radical (unpaired) electrons. The van der Waals surface area contributed by atoms with Gasteiger partial charge in [-0.2, -0.15) is 0 Å². The Bertz CT molecular complexity index is 2270. The van der Waals surface area contributed by atoms with Gasteiger partial charge in [-0.05, 0) is 100 Å². The van der Waals surface area contributed by atoms with E-state index in [2.05, 4.69) is 72.8 Å². The number of aromatic nitrogens is 1. The van der Waals surface area contributed by atoms with Gasteiger partial charge in [0.05, 0.1) is 5.69 Å². The van der Waals surface area contributed by atoms with Crippen molar-refractivity contribution >= 4 is 32.7 Å². The average molecular weight is 531 g/mol. The fraction of sp³-hybridized carbons (Fsp3) is 0.154. The van der Waals surface area contributed by atoms with E-state index < -0.39 is 6.85 Å². The smallest absolute Gasteiger partial charge is 0.144 e. The molecule has 0 bridgehead atoms. The highest BCUT2D eigenvalue weighted by Crippen LogP contribution is 2.48. The lowest BCUT2D eigenvalue weighted by molar-refractivity contribution is 0.326. The summed E-state index contributed by atoms with van der Waals surface area (Å²) in [4.78, 5) is 4.72. The maximum absolute atomic E-state index is 8.35. The average Bonchev–Trinajstić information content (AvgIpc) is 3.71. The highest BCUT2D eigenvalue weighted by atomic mass is 16.3. The molecule has 0 N–H and O–H groups in total. The monoisotopic (exact) mass is 530 g/mol. The highest BCUT2D eigenvalue weighted by molar-refractivity contribution is 6.17. The van der Waals surface area contributed by atoms with Gasteiger partial charge in [-0.1, -0.05) is 84.9 Å². The van der Waals surface area contributed by atoms with Crippen LogP contribution in [0.3, 0.4) is 0 Å². The van der Waals surface area contributed by atoms with Crippen LogP contribution in [-0.2, 0) is 25.7 Å². The van der Waals surface area contributed by atoms with Crippen LogP contribution in [0.15, 0.2) is 114 Å². The summed E-state index contributed by atoms with van der Waals surface area (Å²) in [5, 5.41) is 4.27. The number of pyridine rings is 1. The molecular weight excluding hydrogens is 498 g/mol. The minimum Gasteiger partial charge on any atom is -0.455 e. The summed E-state index contributed by atoms with van der Waals surface area (Å²) in [5.41, 5.74) is 10.9. The van der Waals surface area contributed by atoms with Crippen molar-refractivity contribution in [2.45, 2.75) is 32.5 Å². The molecule has 41 heavy (non-hydrogen) atoms. The van der Waals surface area contributed by atoms with Gasteiger partial charge in [0, 0.05) is 32.0 Å². The van der Waals surface area contributed by atoms with Gasteiger partial charge in [-0.25, -0.2) is 0 Å². The van der Waals surface area contributed by atoms with Crippen molar-refractivity contribution in [3.63, 3.8) is 0 Å². The van der Waals surface area contributed by atoms with Crippen molar-refractivity contribution in [1.29, 1.82) is 0 Å². The first kappa shape index (κ1) is 20.2. The zero-order chi connectivity index (χ0) is 29.6. The van der Waals surface area contributed by atoms with E-state index in [1.807, 2.05) is 30.3 Å². The lowest BCUT2D eigenvalue weighted by Gasteiger charge is -2.21. The highest BCUT2D eigenvalue weighted by Gasteiger charge is 2.41. The molecule has 0 atom stereocenters. The Morgan fingerprint density at radius 1 is 0.634 bits per heavy atom. The number of benzene rings is 5. The third kappa shape index (κ3) is 3.47. The van der Waals surface area contributed by atoms with Crippen LogP contribution in [0.25, 0.3) is 55.1 Å². The Labute approximate surface area is 243 Å². The Kier molecular flexibility index (Phi) is 4.15. The number of furan rings is 1. The van der Waals surface area contributed by atoms with Crippen LogP contribution in [0.4, 0.5) is 0 Å². The fourth-order valence-electron chi connectivity index (χ4n) is 7.59. The second-order valence-electron chi connectivity index (χ2n) is 12.0. The maximum Gasteiger partial charge on any atom is 0.144 e. The van der Waals surface area contributed by atoms with E-state index in [1.54, 1.807) is 0 Å². The molecule has 2 heterocycles. The summed E-state index contributed by atoms with van der Waals surface area (Å²) in [6.45, 7) is -2.29. The molecule has 0 saturated heterocycles. The van der Waals surface area contributed by atoms with Crippen molar-refractivity contribution in [3.05, 3.63) is 137 Å². The van der Waals surface area contributed by atoms with Gasteiger partial charge in [0.2, 0.25) is 0 Å². The molecular formula is C39H29NO. The molecule has 0 fully saturated rings. The molecule has 2 aliphatic rings. The summed E-state index contributed by atoms with van der Waals surface area (Å²) < 4.78 is 31.6. The molecule has 2 aliphatic carbocycles. The molecule has 0 amide bonds. The SMILES string of the molecule is [2H]C([2H])([2H])c1cnc(-c2cccc3c2oc2c4ccccc4ccc32)cc1-c1ccc2c(c1)CC1(Cc3ccccc3C1)C2. The molecule has 1 spiro atoms. The normalized spacial score (nSPS) is 16.6. The quantitative estimate of drug-likeness (QED) is 0.222. The van der Waals surface area contributed by atoms with Crippen molar-refractivity contribution in [1.82, 2.24) is 4.98 Å². The minimum atomic E-state index is -2.29. The van der Waals surface area contributed by atoms with Gasteiger partial charge in [0.25, 0.3) is 0 Å². The third-order valence-corrected chi connectivity index (χ3v) is 9.47. The van der Waals surface area contributed by atoms with E-state index >= 15 is 0 Å². The molecule has 0 saturated carbocycles. The second kappa shape index (κ2) is 8.41. The van der Waals surface area contributed by atoms with Gasteiger partial charge < -0.3 is 4.42 Å². The van der Waals surface area contributed by atoms with Crippen LogP contribution in [0.5, 0.6) is 0 Å². The Balaban J connectivity index is 1.17. The lowest BCUT2D eigenvalue weighted by atomic mass is 9.82. The minimum absolute atomic E-state index is 0.224. The molecule has 0 unspecified atom stereocenters. The molecule has 196 valence electrons. The van der Waals surface area contributed by atoms with Crippen molar-refractivity contribution < 1.29 is 8.53 Å². The van der Waals surface area contributed by atoms with Crippen LogP contribution in [-0.4, -0.2) is 4.98 Å². The Morgan fingerprint density at radius 3 is 2.22 bits per heavy atom. The molecule has 2 aromatic heterocycles. The molecule has 0 aliphatic heterocycles. The first-order valence-corrected chi connectivity index (χ1v) is 14.4. The predicted molar refractivity (Wildman–Crippen MR) is 168 cm³/mol. The molecule has 9 rings (SSSR count). The first-order valence-electron chi connectivity index (χ1n) is 15.9. The van der Waals surface area contributed by atoms with Crippen molar-refractivity contribution in [2.24, 2.45) is 5.41 Å². The number of rotatable bonds is 2. The zero-order valence-electron chi connectivity index (χ0n) is 25.6. The number of hydrogen-bond donors (Lipinski definition) is 0. The number of aryl methyl sites for hydroxylation is 1. The summed E-state index contributed by atoms with van der Waals surface area (Å²) in [5.74, 6) is 0. The van der Waals surface area contributed by atoms with Crippen molar-refractivity contribution in [3.8, 4) is 22.4 Å². The van der Waals surface area contributed by atoms with E-state index in [0.717, 1.165) is 69.5 Å². The number of hydrogen-bond acceptors (Lipinski definition) is 2. The van der Waals surface area contributed by atoms with E-state index in [0.29, 0.717) is 11.3 Å². The van der Waals surface area contributed by atoms with E-state index in [1.165, 1.54) is 28.5 Å². The van der Waals surface area contributed by atoms with E-state index in [9.17, 15) is 0 Å². The molecule has 7 aromatic rings. The summed E-state index contributed by atoms with van der Waals surface area (Å²) in [6, 6.07) is 35.9. The predicted octanol–water partition coefficient (Wildman–Crippen LogP) is 9.66.